The Morgan fingerprint density at radius 3 is 2.65 bits per heavy atom. The van der Waals surface area contributed by atoms with Crippen LogP contribution in [0.25, 0.3) is 11.2 Å². The minimum absolute atomic E-state index is 0.322. The number of hydrogen-bond donors (Lipinski definition) is 2. The van der Waals surface area contributed by atoms with Crippen molar-refractivity contribution in [2.45, 2.75) is 26.3 Å². The molecule has 0 unspecified atom stereocenters. The summed E-state index contributed by atoms with van der Waals surface area (Å²) in [5, 5.41) is 12.9. The summed E-state index contributed by atoms with van der Waals surface area (Å²) in [4.78, 5) is 28.5. The second-order valence-electron chi connectivity index (χ2n) is 4.68. The normalized spacial score (nSPS) is 11.9. The van der Waals surface area contributed by atoms with Gasteiger partial charge in [-0.25, -0.2) is 14.5 Å². The maximum atomic E-state index is 11.5. The molecule has 0 saturated heterocycles. The molecule has 2 N–H and O–H groups in total. The highest BCUT2D eigenvalue weighted by Gasteiger charge is 2.20. The quantitative estimate of drug-likeness (QED) is 0.753. The first-order valence-electron chi connectivity index (χ1n) is 5.02. The molecular weight excluding hydrogens is 224 g/mol. The Morgan fingerprint density at radius 2 is 2.12 bits per heavy atom. The van der Waals surface area contributed by atoms with Crippen molar-refractivity contribution in [1.29, 1.82) is 0 Å². The van der Waals surface area contributed by atoms with Gasteiger partial charge in [0.05, 0.1) is 11.7 Å². The van der Waals surface area contributed by atoms with Gasteiger partial charge < -0.3 is 10.1 Å². The summed E-state index contributed by atoms with van der Waals surface area (Å²) >= 11 is 0. The molecule has 0 amide bonds. The Balaban J connectivity index is 2.78. The van der Waals surface area contributed by atoms with E-state index >= 15 is 0 Å². The molecule has 0 bridgehead atoms. The van der Waals surface area contributed by atoms with Gasteiger partial charge in [0, 0.05) is 0 Å². The third kappa shape index (κ3) is 1.79. The molecule has 7 heteroatoms. The van der Waals surface area contributed by atoms with Gasteiger partial charge in [-0.1, -0.05) is 0 Å². The van der Waals surface area contributed by atoms with E-state index in [-0.39, 0.29) is 5.54 Å². The highest BCUT2D eigenvalue weighted by atomic mass is 16.4. The fourth-order valence-electron chi connectivity index (χ4n) is 1.53. The number of aromatic amines is 1. The molecular formula is C10H12N4O3. The van der Waals surface area contributed by atoms with E-state index in [2.05, 4.69) is 15.1 Å². The number of nitrogens with zero attached hydrogens (tertiary/aromatic N) is 3. The number of rotatable bonds is 1. The molecule has 17 heavy (non-hydrogen) atoms. The zero-order chi connectivity index (χ0) is 12.8. The van der Waals surface area contributed by atoms with E-state index in [1.54, 1.807) is 4.68 Å². The smallest absolute Gasteiger partial charge is 0.360 e. The Kier molecular flexibility index (Phi) is 2.27. The molecule has 0 spiro atoms. The predicted molar refractivity (Wildman–Crippen MR) is 60.1 cm³/mol. The average molecular weight is 236 g/mol. The molecule has 2 heterocycles. The van der Waals surface area contributed by atoms with E-state index in [1.807, 2.05) is 20.8 Å². The molecule has 0 saturated carbocycles. The van der Waals surface area contributed by atoms with E-state index in [9.17, 15) is 9.59 Å². The molecule has 0 aliphatic heterocycles. The molecule has 2 rings (SSSR count). The van der Waals surface area contributed by atoms with Crippen LogP contribution in [-0.2, 0) is 5.54 Å². The van der Waals surface area contributed by atoms with Gasteiger partial charge in [0.1, 0.15) is 5.52 Å². The van der Waals surface area contributed by atoms with Gasteiger partial charge in [0.15, 0.2) is 5.65 Å². The van der Waals surface area contributed by atoms with Crippen molar-refractivity contribution < 1.29 is 9.90 Å². The van der Waals surface area contributed by atoms with Crippen LogP contribution in [0.5, 0.6) is 0 Å². The van der Waals surface area contributed by atoms with Crippen molar-refractivity contribution in [2.75, 3.05) is 0 Å². The zero-order valence-corrected chi connectivity index (χ0v) is 9.68. The number of hydrogen-bond acceptors (Lipinski definition) is 4. The monoisotopic (exact) mass is 236 g/mol. The number of aromatic carboxylic acids is 1. The van der Waals surface area contributed by atoms with Crippen LogP contribution in [0, 0.1) is 0 Å². The lowest BCUT2D eigenvalue weighted by atomic mass is 10.1. The van der Waals surface area contributed by atoms with Crippen LogP contribution in [0.4, 0.5) is 0 Å². The summed E-state index contributed by atoms with van der Waals surface area (Å²) in [5.41, 5.74) is -0.789. The lowest BCUT2D eigenvalue weighted by molar-refractivity contribution is 0.0689. The molecule has 0 aromatic carbocycles. The lowest BCUT2D eigenvalue weighted by Crippen LogP contribution is -2.26. The molecule has 2 aromatic heterocycles. The topological polar surface area (TPSA) is 101 Å². The number of aromatic nitrogens is 4. The van der Waals surface area contributed by atoms with Gasteiger partial charge in [0.25, 0.3) is 5.56 Å². The lowest BCUT2D eigenvalue weighted by Gasteiger charge is -2.19. The van der Waals surface area contributed by atoms with Gasteiger partial charge in [-0.3, -0.25) is 4.79 Å². The maximum Gasteiger partial charge on any atom is 0.360 e. The first-order valence-corrected chi connectivity index (χ1v) is 5.02. The minimum atomic E-state index is -1.35. The van der Waals surface area contributed by atoms with Gasteiger partial charge in [-0.15, -0.1) is 0 Å². The zero-order valence-electron chi connectivity index (χ0n) is 9.68. The Labute approximate surface area is 96.1 Å². The number of carboxylic acids is 1. The van der Waals surface area contributed by atoms with Crippen LogP contribution in [0.1, 0.15) is 31.3 Å². The van der Waals surface area contributed by atoms with Crippen molar-refractivity contribution >= 4 is 17.1 Å². The van der Waals surface area contributed by atoms with Gasteiger partial charge in [0.2, 0.25) is 5.69 Å². The van der Waals surface area contributed by atoms with E-state index in [0.717, 1.165) is 0 Å². The number of nitrogens with one attached hydrogen (secondary N) is 1. The van der Waals surface area contributed by atoms with Crippen LogP contribution >= 0.6 is 0 Å². The molecule has 0 aliphatic rings. The molecule has 2 aromatic rings. The van der Waals surface area contributed by atoms with E-state index in [0.29, 0.717) is 11.2 Å². The highest BCUT2D eigenvalue weighted by Crippen LogP contribution is 2.17. The molecule has 7 nitrogen and oxygen atoms in total. The summed E-state index contributed by atoms with van der Waals surface area (Å²) < 4.78 is 1.60. The first kappa shape index (κ1) is 11.3. The number of H-pyrrole nitrogens is 1. The second-order valence-corrected chi connectivity index (χ2v) is 4.68. The van der Waals surface area contributed by atoms with Crippen molar-refractivity contribution in [1.82, 2.24) is 19.7 Å². The molecule has 90 valence electrons. The SMILES string of the molecule is CC(C)(C)n1ncc2nc(C(=O)O)c(=O)[nH]c21. The minimum Gasteiger partial charge on any atom is -0.476 e. The summed E-state index contributed by atoms with van der Waals surface area (Å²) in [6.07, 6.45) is 1.43. The van der Waals surface area contributed by atoms with Gasteiger partial charge in [-0.05, 0) is 20.8 Å². The van der Waals surface area contributed by atoms with Crippen LogP contribution in [0.15, 0.2) is 11.0 Å². The Bertz CT molecular complexity index is 648. The standard InChI is InChI=1S/C10H12N4O3/c1-10(2,3)14-7-5(4-11-14)12-6(9(16)17)8(15)13-7/h4H,1-3H3,(H,13,15)(H,16,17). The highest BCUT2D eigenvalue weighted by molar-refractivity contribution is 5.87. The maximum absolute atomic E-state index is 11.5. The summed E-state index contributed by atoms with van der Waals surface area (Å²) in [6.45, 7) is 5.76. The number of carboxylic acid groups (broad SMARTS) is 1. The Hall–Kier alpha value is -2.18. The largest absolute Gasteiger partial charge is 0.476 e. The van der Waals surface area contributed by atoms with Crippen LogP contribution < -0.4 is 5.56 Å². The van der Waals surface area contributed by atoms with E-state index in [4.69, 9.17) is 5.11 Å². The van der Waals surface area contributed by atoms with Gasteiger partial charge >= 0.3 is 5.97 Å². The summed E-state index contributed by atoms with van der Waals surface area (Å²) in [6, 6.07) is 0. The predicted octanol–water partition coefficient (Wildman–Crippen LogP) is 0.573. The van der Waals surface area contributed by atoms with Gasteiger partial charge in [-0.2, -0.15) is 5.10 Å². The third-order valence-electron chi connectivity index (χ3n) is 2.27. The van der Waals surface area contributed by atoms with Crippen molar-refractivity contribution in [3.63, 3.8) is 0 Å². The summed E-state index contributed by atoms with van der Waals surface area (Å²) in [5.74, 6) is -1.35. The van der Waals surface area contributed by atoms with E-state index < -0.39 is 17.2 Å². The number of fused-ring (bicyclic) bond motifs is 1. The molecule has 0 fully saturated rings. The fraction of sp³-hybridized carbons (Fsp3) is 0.400. The van der Waals surface area contributed by atoms with Crippen molar-refractivity contribution in [3.8, 4) is 0 Å². The van der Waals surface area contributed by atoms with Crippen LogP contribution in [0.2, 0.25) is 0 Å². The first-order chi connectivity index (χ1) is 7.80. The third-order valence-corrected chi connectivity index (χ3v) is 2.27. The van der Waals surface area contributed by atoms with Crippen molar-refractivity contribution in [3.05, 3.63) is 22.2 Å². The molecule has 0 aliphatic carbocycles. The van der Waals surface area contributed by atoms with Crippen molar-refractivity contribution in [2.24, 2.45) is 0 Å². The average Bonchev–Trinajstić information content (AvgIpc) is 2.57. The van der Waals surface area contributed by atoms with Crippen LogP contribution in [-0.4, -0.2) is 30.8 Å². The van der Waals surface area contributed by atoms with Crippen LogP contribution in [0.3, 0.4) is 0 Å². The molecule has 0 radical (unpaired) electrons. The summed E-state index contributed by atoms with van der Waals surface area (Å²) in [7, 11) is 0. The van der Waals surface area contributed by atoms with E-state index in [1.165, 1.54) is 6.20 Å². The Morgan fingerprint density at radius 1 is 1.47 bits per heavy atom. The second kappa shape index (κ2) is 3.41. The fourth-order valence-corrected chi connectivity index (χ4v) is 1.53. The number of carbonyl (C=O) groups is 1. The molecule has 0 atom stereocenters.